The van der Waals surface area contributed by atoms with Gasteiger partial charge in [0.1, 0.15) is 29.1 Å². The summed E-state index contributed by atoms with van der Waals surface area (Å²) in [7, 11) is 1.50. The van der Waals surface area contributed by atoms with Crippen LogP contribution in [0.4, 0.5) is 0 Å². The number of pyridine rings is 2. The Labute approximate surface area is 175 Å². The third-order valence-corrected chi connectivity index (χ3v) is 5.33. The van der Waals surface area contributed by atoms with E-state index in [1.165, 1.54) is 18.0 Å². The van der Waals surface area contributed by atoms with Crippen molar-refractivity contribution in [1.29, 1.82) is 0 Å². The van der Waals surface area contributed by atoms with Gasteiger partial charge in [-0.2, -0.15) is 0 Å². The van der Waals surface area contributed by atoms with Crippen molar-refractivity contribution in [3.63, 3.8) is 0 Å². The number of rotatable bonds is 4. The van der Waals surface area contributed by atoms with Crippen LogP contribution < -0.4 is 10.9 Å². The van der Waals surface area contributed by atoms with Gasteiger partial charge in [-0.25, -0.2) is 4.98 Å². The van der Waals surface area contributed by atoms with Crippen LogP contribution in [0, 0.1) is 0 Å². The van der Waals surface area contributed by atoms with Gasteiger partial charge in [-0.1, -0.05) is 19.3 Å². The zero-order valence-corrected chi connectivity index (χ0v) is 17.9. The Morgan fingerprint density at radius 3 is 2.57 bits per heavy atom. The lowest BCUT2D eigenvalue weighted by Crippen LogP contribution is -2.37. The van der Waals surface area contributed by atoms with Crippen molar-refractivity contribution in [2.24, 2.45) is 7.05 Å². The molecule has 0 spiro atoms. The van der Waals surface area contributed by atoms with E-state index >= 15 is 0 Å². The van der Waals surface area contributed by atoms with Gasteiger partial charge in [0.25, 0.3) is 11.5 Å². The summed E-state index contributed by atoms with van der Waals surface area (Å²) in [5, 5.41) is 13.5. The maximum absolute atomic E-state index is 12.7. The molecule has 1 aliphatic rings. The fourth-order valence-electron chi connectivity index (χ4n) is 3.90. The highest BCUT2D eigenvalue weighted by atomic mass is 16.6. The minimum Gasteiger partial charge on any atom is -0.506 e. The number of aromatic hydroxyl groups is 1. The summed E-state index contributed by atoms with van der Waals surface area (Å²) in [4.78, 5) is 41.6. The van der Waals surface area contributed by atoms with Crippen molar-refractivity contribution in [3.05, 3.63) is 33.7 Å². The zero-order valence-electron chi connectivity index (χ0n) is 17.9. The third-order valence-electron chi connectivity index (χ3n) is 5.33. The molecular weight excluding hydrogens is 386 g/mol. The van der Waals surface area contributed by atoms with Crippen LogP contribution in [0.1, 0.15) is 74.7 Å². The van der Waals surface area contributed by atoms with E-state index in [1.807, 2.05) is 6.07 Å². The Morgan fingerprint density at radius 2 is 1.93 bits per heavy atom. The summed E-state index contributed by atoms with van der Waals surface area (Å²) in [6.45, 7) is 4.74. The molecule has 0 radical (unpaired) electrons. The zero-order chi connectivity index (χ0) is 22.1. The van der Waals surface area contributed by atoms with Gasteiger partial charge in [-0.05, 0) is 51.2 Å². The average Bonchev–Trinajstić information content (AvgIpc) is 2.70. The standard InChI is InChI=1S/C22H29N3O5/c1-22(2,3)30-16(26)12-24-20(28)17-18(27)15-10-14(13-8-6-5-7-9-13)11-23-19(15)25(4)21(17)29/h10-11,13,27H,5-9,12H2,1-4H3,(H,24,28). The number of nitrogens with one attached hydrogen (secondary N) is 1. The molecule has 0 atom stereocenters. The topological polar surface area (TPSA) is 111 Å². The summed E-state index contributed by atoms with van der Waals surface area (Å²) in [5.74, 6) is -1.52. The number of hydrogen-bond acceptors (Lipinski definition) is 6. The van der Waals surface area contributed by atoms with Gasteiger partial charge >= 0.3 is 5.97 Å². The van der Waals surface area contributed by atoms with E-state index in [2.05, 4.69) is 10.3 Å². The molecule has 1 fully saturated rings. The van der Waals surface area contributed by atoms with Gasteiger partial charge in [0, 0.05) is 13.2 Å². The molecule has 1 aliphatic carbocycles. The van der Waals surface area contributed by atoms with Crippen LogP contribution >= 0.6 is 0 Å². The van der Waals surface area contributed by atoms with Gasteiger partial charge in [-0.15, -0.1) is 0 Å². The molecule has 0 bridgehead atoms. The summed E-state index contributed by atoms with van der Waals surface area (Å²) in [6, 6.07) is 1.82. The van der Waals surface area contributed by atoms with E-state index in [4.69, 9.17) is 4.74 Å². The highest BCUT2D eigenvalue weighted by Crippen LogP contribution is 2.35. The fourth-order valence-corrected chi connectivity index (χ4v) is 3.90. The van der Waals surface area contributed by atoms with Crippen molar-refractivity contribution in [3.8, 4) is 5.75 Å². The van der Waals surface area contributed by atoms with Crippen LogP contribution in [0.3, 0.4) is 0 Å². The first-order valence-electron chi connectivity index (χ1n) is 10.3. The molecule has 2 aromatic heterocycles. The summed E-state index contributed by atoms with van der Waals surface area (Å²) in [5.41, 5.74) is -0.475. The number of amides is 1. The minimum absolute atomic E-state index is 0.306. The molecule has 162 valence electrons. The first kappa shape index (κ1) is 21.8. The summed E-state index contributed by atoms with van der Waals surface area (Å²) in [6.07, 6.45) is 7.39. The molecule has 3 rings (SSSR count). The van der Waals surface area contributed by atoms with Crippen LogP contribution in [0.25, 0.3) is 11.0 Å². The maximum Gasteiger partial charge on any atom is 0.325 e. The molecule has 0 saturated heterocycles. The van der Waals surface area contributed by atoms with E-state index in [0.29, 0.717) is 17.0 Å². The lowest BCUT2D eigenvalue weighted by molar-refractivity contribution is -0.153. The van der Waals surface area contributed by atoms with Crippen LogP contribution in [-0.2, 0) is 16.6 Å². The Morgan fingerprint density at radius 1 is 1.27 bits per heavy atom. The van der Waals surface area contributed by atoms with Crippen molar-refractivity contribution in [2.45, 2.75) is 64.4 Å². The molecule has 8 nitrogen and oxygen atoms in total. The van der Waals surface area contributed by atoms with Crippen LogP contribution in [0.2, 0.25) is 0 Å². The number of esters is 1. The predicted octanol–water partition coefficient (Wildman–Crippen LogP) is 2.76. The number of hydrogen-bond donors (Lipinski definition) is 2. The van der Waals surface area contributed by atoms with Gasteiger partial charge in [0.15, 0.2) is 0 Å². The van der Waals surface area contributed by atoms with Crippen molar-refractivity contribution >= 4 is 22.9 Å². The Balaban J connectivity index is 1.93. The van der Waals surface area contributed by atoms with Gasteiger partial charge < -0.3 is 15.2 Å². The minimum atomic E-state index is -0.830. The number of aryl methyl sites for hydroxylation is 1. The molecule has 2 heterocycles. The molecule has 1 amide bonds. The van der Waals surface area contributed by atoms with Gasteiger partial charge in [0.05, 0.1) is 5.39 Å². The molecule has 2 aromatic rings. The smallest absolute Gasteiger partial charge is 0.325 e. The van der Waals surface area contributed by atoms with Crippen LogP contribution in [-0.4, -0.2) is 38.7 Å². The van der Waals surface area contributed by atoms with E-state index in [-0.39, 0.29) is 0 Å². The summed E-state index contributed by atoms with van der Waals surface area (Å²) < 4.78 is 6.39. The normalized spacial score (nSPS) is 15.2. The monoisotopic (exact) mass is 415 g/mol. The van der Waals surface area contributed by atoms with Crippen LogP contribution in [0.5, 0.6) is 5.75 Å². The number of carbonyl (C=O) groups is 2. The Kier molecular flexibility index (Phi) is 6.14. The fraction of sp³-hybridized carbons (Fsp3) is 0.545. The molecule has 1 saturated carbocycles. The Bertz CT molecular complexity index is 1030. The highest BCUT2D eigenvalue weighted by molar-refractivity contribution is 6.02. The number of nitrogens with zero attached hydrogens (tertiary/aromatic N) is 2. The SMILES string of the molecule is Cn1c(=O)c(C(=O)NCC(=O)OC(C)(C)C)c(O)c2cc(C3CCCCC3)cnc21. The van der Waals surface area contributed by atoms with Gasteiger partial charge in [0.2, 0.25) is 0 Å². The second-order valence-corrected chi connectivity index (χ2v) is 8.83. The predicted molar refractivity (Wildman–Crippen MR) is 113 cm³/mol. The molecule has 30 heavy (non-hydrogen) atoms. The van der Waals surface area contributed by atoms with E-state index in [1.54, 1.807) is 27.0 Å². The number of aromatic nitrogens is 2. The lowest BCUT2D eigenvalue weighted by Gasteiger charge is -2.22. The van der Waals surface area contributed by atoms with E-state index < -0.39 is 40.9 Å². The van der Waals surface area contributed by atoms with Crippen molar-refractivity contribution in [1.82, 2.24) is 14.9 Å². The second-order valence-electron chi connectivity index (χ2n) is 8.83. The molecule has 2 N–H and O–H groups in total. The number of fused-ring (bicyclic) bond motifs is 1. The van der Waals surface area contributed by atoms with Gasteiger partial charge in [-0.3, -0.25) is 19.0 Å². The maximum atomic E-state index is 12.7. The van der Waals surface area contributed by atoms with Crippen molar-refractivity contribution in [2.75, 3.05) is 6.54 Å². The lowest BCUT2D eigenvalue weighted by atomic mass is 9.84. The van der Waals surface area contributed by atoms with E-state index in [0.717, 1.165) is 31.2 Å². The largest absolute Gasteiger partial charge is 0.506 e. The first-order chi connectivity index (χ1) is 14.1. The van der Waals surface area contributed by atoms with E-state index in [9.17, 15) is 19.5 Å². The highest BCUT2D eigenvalue weighted by Gasteiger charge is 2.25. The number of ether oxygens (including phenoxy) is 1. The molecular formula is C22H29N3O5. The molecule has 0 unspecified atom stereocenters. The first-order valence-corrected chi connectivity index (χ1v) is 10.3. The molecule has 8 heteroatoms. The third kappa shape index (κ3) is 4.63. The summed E-state index contributed by atoms with van der Waals surface area (Å²) >= 11 is 0. The molecule has 0 aliphatic heterocycles. The average molecular weight is 415 g/mol. The molecule has 0 aromatic carbocycles. The Hall–Kier alpha value is -2.90. The van der Waals surface area contributed by atoms with Crippen molar-refractivity contribution < 1.29 is 19.4 Å². The number of carbonyl (C=O) groups excluding carboxylic acids is 2. The second kappa shape index (κ2) is 8.45. The van der Waals surface area contributed by atoms with Crippen LogP contribution in [0.15, 0.2) is 17.1 Å². The quantitative estimate of drug-likeness (QED) is 0.743.